The van der Waals surface area contributed by atoms with E-state index in [4.69, 9.17) is 0 Å². The van der Waals surface area contributed by atoms with Gasteiger partial charge in [0.15, 0.2) is 0 Å². The Balaban J connectivity index is 2.26. The Hall–Kier alpha value is -1.71. The number of benzene rings is 1. The summed E-state index contributed by atoms with van der Waals surface area (Å²) in [5.41, 5.74) is 0.00634. The number of rotatable bonds is 4. The van der Waals surface area contributed by atoms with Gasteiger partial charge in [0.25, 0.3) is 5.91 Å². The number of amides is 1. The second-order valence-electron chi connectivity index (χ2n) is 5.17. The van der Waals surface area contributed by atoms with E-state index >= 15 is 0 Å². The molecule has 0 radical (unpaired) electrons. The summed E-state index contributed by atoms with van der Waals surface area (Å²) in [6.07, 6.45) is 2.31. The van der Waals surface area contributed by atoms with Crippen LogP contribution in [0.3, 0.4) is 0 Å². The Morgan fingerprint density at radius 2 is 1.89 bits per heavy atom. The van der Waals surface area contributed by atoms with Crippen molar-refractivity contribution in [2.24, 2.45) is 5.92 Å². The minimum atomic E-state index is -0.299. The number of nitrogens with zero attached hydrogens (tertiary/aromatic N) is 1. The zero-order valence-corrected chi connectivity index (χ0v) is 10.8. The Labute approximate surface area is 107 Å². The van der Waals surface area contributed by atoms with Gasteiger partial charge in [-0.15, -0.1) is 0 Å². The summed E-state index contributed by atoms with van der Waals surface area (Å²) in [5, 5.41) is 19.5. The van der Waals surface area contributed by atoms with Crippen LogP contribution in [0.5, 0.6) is 11.5 Å². The summed E-state index contributed by atoms with van der Waals surface area (Å²) < 4.78 is 0. The van der Waals surface area contributed by atoms with Crippen LogP contribution in [-0.4, -0.2) is 33.6 Å². The molecule has 4 heteroatoms. The highest BCUT2D eigenvalue weighted by atomic mass is 16.3. The first-order valence-corrected chi connectivity index (χ1v) is 6.32. The predicted molar refractivity (Wildman–Crippen MR) is 68.7 cm³/mol. The van der Waals surface area contributed by atoms with Crippen LogP contribution in [0.25, 0.3) is 0 Å². The first-order chi connectivity index (χ1) is 8.50. The molecular weight excluding hydrogens is 230 g/mol. The molecule has 0 aliphatic heterocycles. The maximum absolute atomic E-state index is 12.4. The van der Waals surface area contributed by atoms with Gasteiger partial charge in [-0.2, -0.15) is 0 Å². The molecule has 1 aliphatic rings. The van der Waals surface area contributed by atoms with Crippen molar-refractivity contribution < 1.29 is 15.0 Å². The summed E-state index contributed by atoms with van der Waals surface area (Å²) in [4.78, 5) is 14.1. The Kier molecular flexibility index (Phi) is 3.45. The van der Waals surface area contributed by atoms with Crippen molar-refractivity contribution in [1.82, 2.24) is 4.90 Å². The van der Waals surface area contributed by atoms with Crippen molar-refractivity contribution in [2.75, 3.05) is 6.54 Å². The van der Waals surface area contributed by atoms with E-state index in [1.54, 1.807) is 4.90 Å². The number of hydrogen-bond acceptors (Lipinski definition) is 3. The van der Waals surface area contributed by atoms with Crippen LogP contribution < -0.4 is 0 Å². The molecule has 0 spiro atoms. The highest BCUT2D eigenvalue weighted by Crippen LogP contribution is 2.33. The average Bonchev–Trinajstić information content (AvgIpc) is 3.08. The van der Waals surface area contributed by atoms with E-state index in [-0.39, 0.29) is 29.0 Å². The molecule has 2 N–H and O–H groups in total. The Morgan fingerprint density at radius 1 is 1.33 bits per heavy atom. The number of hydrogen-bond donors (Lipinski definition) is 2. The van der Waals surface area contributed by atoms with Crippen molar-refractivity contribution in [3.8, 4) is 11.5 Å². The van der Waals surface area contributed by atoms with Crippen LogP contribution in [-0.2, 0) is 0 Å². The maximum atomic E-state index is 12.4. The molecule has 0 aromatic heterocycles. The van der Waals surface area contributed by atoms with Gasteiger partial charge < -0.3 is 15.1 Å². The fourth-order valence-corrected chi connectivity index (χ4v) is 2.00. The third-order valence-corrected chi connectivity index (χ3v) is 3.27. The third-order valence-electron chi connectivity index (χ3n) is 3.27. The van der Waals surface area contributed by atoms with Gasteiger partial charge in [-0.05, 0) is 44.7 Å². The largest absolute Gasteiger partial charge is 0.507 e. The smallest absolute Gasteiger partial charge is 0.261 e. The first kappa shape index (κ1) is 12.7. The molecule has 1 saturated carbocycles. The number of carbonyl (C=O) groups excluding carboxylic acids is 1. The molecule has 18 heavy (non-hydrogen) atoms. The number of aromatic hydroxyl groups is 2. The quantitative estimate of drug-likeness (QED) is 0.861. The van der Waals surface area contributed by atoms with Crippen LogP contribution in [0.4, 0.5) is 0 Å². The second kappa shape index (κ2) is 4.88. The molecule has 1 aliphatic carbocycles. The molecule has 1 aromatic rings. The van der Waals surface area contributed by atoms with Crippen LogP contribution in [0.15, 0.2) is 18.2 Å². The minimum absolute atomic E-state index is 0.00634. The van der Waals surface area contributed by atoms with E-state index in [0.717, 1.165) is 12.8 Å². The lowest BCUT2D eigenvalue weighted by Crippen LogP contribution is -2.38. The van der Waals surface area contributed by atoms with E-state index < -0.39 is 0 Å². The van der Waals surface area contributed by atoms with Gasteiger partial charge in [-0.25, -0.2) is 0 Å². The number of phenolic OH excluding ortho intramolecular Hbond substituents is 2. The third kappa shape index (κ3) is 2.58. The van der Waals surface area contributed by atoms with E-state index in [2.05, 4.69) is 0 Å². The molecule has 4 nitrogen and oxygen atoms in total. The Bertz CT molecular complexity index is 432. The van der Waals surface area contributed by atoms with Gasteiger partial charge in [0, 0.05) is 12.6 Å². The molecule has 0 atom stereocenters. The Morgan fingerprint density at radius 3 is 2.33 bits per heavy atom. The van der Waals surface area contributed by atoms with Crippen molar-refractivity contribution in [2.45, 2.75) is 32.7 Å². The normalized spacial score (nSPS) is 14.8. The van der Waals surface area contributed by atoms with Crippen molar-refractivity contribution >= 4 is 5.91 Å². The molecule has 1 aromatic carbocycles. The van der Waals surface area contributed by atoms with Crippen molar-refractivity contribution in [3.05, 3.63) is 23.8 Å². The minimum Gasteiger partial charge on any atom is -0.507 e. The number of carbonyl (C=O) groups is 1. The van der Waals surface area contributed by atoms with Gasteiger partial charge in [0.2, 0.25) is 0 Å². The molecule has 0 bridgehead atoms. The summed E-state index contributed by atoms with van der Waals surface area (Å²) in [7, 11) is 0. The fourth-order valence-electron chi connectivity index (χ4n) is 2.00. The van der Waals surface area contributed by atoms with Crippen LogP contribution in [0.1, 0.15) is 37.0 Å². The van der Waals surface area contributed by atoms with E-state index in [0.29, 0.717) is 12.5 Å². The van der Waals surface area contributed by atoms with E-state index in [1.807, 2.05) is 13.8 Å². The van der Waals surface area contributed by atoms with Crippen molar-refractivity contribution in [1.29, 1.82) is 0 Å². The topological polar surface area (TPSA) is 60.8 Å². The zero-order chi connectivity index (χ0) is 13.3. The lowest BCUT2D eigenvalue weighted by Gasteiger charge is -2.27. The molecule has 1 fully saturated rings. The van der Waals surface area contributed by atoms with Gasteiger partial charge >= 0.3 is 0 Å². The number of phenols is 2. The fraction of sp³-hybridized carbons (Fsp3) is 0.500. The standard InChI is InChI=1S/C14H19NO3/c1-9(2)15(8-10-6-7-10)14(18)13-11(16)4-3-5-12(13)17/h3-5,9-10,16-17H,6-8H2,1-2H3. The average molecular weight is 249 g/mol. The first-order valence-electron chi connectivity index (χ1n) is 6.32. The molecule has 0 heterocycles. The molecule has 1 amide bonds. The summed E-state index contributed by atoms with van der Waals surface area (Å²) in [5.74, 6) is -0.0558. The van der Waals surface area contributed by atoms with Crippen LogP contribution in [0, 0.1) is 5.92 Å². The van der Waals surface area contributed by atoms with Gasteiger partial charge in [0.1, 0.15) is 17.1 Å². The summed E-state index contributed by atoms with van der Waals surface area (Å²) in [6, 6.07) is 4.41. The second-order valence-corrected chi connectivity index (χ2v) is 5.17. The highest BCUT2D eigenvalue weighted by molar-refractivity contribution is 5.99. The monoisotopic (exact) mass is 249 g/mol. The van der Waals surface area contributed by atoms with Gasteiger partial charge in [-0.1, -0.05) is 6.07 Å². The SMILES string of the molecule is CC(C)N(CC1CC1)C(=O)c1c(O)cccc1O. The van der Waals surface area contributed by atoms with Crippen molar-refractivity contribution in [3.63, 3.8) is 0 Å². The molecule has 0 saturated heterocycles. The maximum Gasteiger partial charge on any atom is 0.261 e. The summed E-state index contributed by atoms with van der Waals surface area (Å²) in [6.45, 7) is 4.58. The van der Waals surface area contributed by atoms with E-state index in [1.165, 1.54) is 18.2 Å². The summed E-state index contributed by atoms with van der Waals surface area (Å²) >= 11 is 0. The lowest BCUT2D eigenvalue weighted by atomic mass is 10.1. The predicted octanol–water partition coefficient (Wildman–Crippen LogP) is 2.36. The molecule has 0 unspecified atom stereocenters. The van der Waals surface area contributed by atoms with Crippen LogP contribution >= 0.6 is 0 Å². The zero-order valence-electron chi connectivity index (χ0n) is 10.8. The highest BCUT2D eigenvalue weighted by Gasteiger charge is 2.30. The van der Waals surface area contributed by atoms with Gasteiger partial charge in [-0.3, -0.25) is 4.79 Å². The van der Waals surface area contributed by atoms with Gasteiger partial charge in [0.05, 0.1) is 0 Å². The molecule has 2 rings (SSSR count). The molecule has 98 valence electrons. The van der Waals surface area contributed by atoms with Crippen LogP contribution in [0.2, 0.25) is 0 Å². The lowest BCUT2D eigenvalue weighted by molar-refractivity contribution is 0.0690. The van der Waals surface area contributed by atoms with E-state index in [9.17, 15) is 15.0 Å². The molecular formula is C14H19NO3.